The Hall–Kier alpha value is -0.180. The molecule has 1 N–H and O–H groups in total. The third kappa shape index (κ3) is 4.77. The van der Waals surface area contributed by atoms with Gasteiger partial charge in [0, 0.05) is 6.04 Å². The van der Waals surface area contributed by atoms with Gasteiger partial charge in [0.1, 0.15) is 0 Å². The quantitative estimate of drug-likeness (QED) is 0.733. The number of carbonyl (C=O) groups excluding carboxylic acids is 1. The van der Waals surface area contributed by atoms with E-state index in [1.54, 1.807) is 0 Å². The second-order valence-electron chi connectivity index (χ2n) is 5.24. The lowest BCUT2D eigenvalue weighted by atomic mass is 9.96. The number of thiol groups is 1. The second-order valence-corrected chi connectivity index (χ2v) is 5.80. The minimum absolute atomic E-state index is 0.115. The van der Waals surface area contributed by atoms with Gasteiger partial charge in [-0.25, -0.2) is 0 Å². The average Bonchev–Trinajstić information content (AvgIpc) is 2.20. The molecule has 0 saturated heterocycles. The van der Waals surface area contributed by atoms with Crippen LogP contribution in [-0.2, 0) is 4.79 Å². The summed E-state index contributed by atoms with van der Waals surface area (Å²) in [5.41, 5.74) is 0. The highest BCUT2D eigenvalue weighted by molar-refractivity contribution is 7.81. The molecule has 0 bridgehead atoms. The lowest BCUT2D eigenvalue weighted by Gasteiger charge is -2.23. The molecule has 3 heteroatoms. The van der Waals surface area contributed by atoms with Crippen molar-refractivity contribution in [3.8, 4) is 0 Å². The molecule has 1 saturated carbocycles. The third-order valence-corrected chi connectivity index (χ3v) is 4.18. The van der Waals surface area contributed by atoms with Crippen LogP contribution in [0.5, 0.6) is 0 Å². The van der Waals surface area contributed by atoms with E-state index in [0.717, 1.165) is 12.8 Å². The van der Waals surface area contributed by atoms with Crippen LogP contribution < -0.4 is 5.32 Å². The van der Waals surface area contributed by atoms with E-state index in [9.17, 15) is 4.79 Å². The van der Waals surface area contributed by atoms with Gasteiger partial charge in [0.2, 0.25) is 5.91 Å². The molecule has 1 unspecified atom stereocenters. The van der Waals surface area contributed by atoms with E-state index in [0.29, 0.717) is 12.0 Å². The van der Waals surface area contributed by atoms with Crippen LogP contribution in [0, 0.1) is 5.92 Å². The number of carbonyl (C=O) groups is 1. The number of hydrogen-bond acceptors (Lipinski definition) is 2. The van der Waals surface area contributed by atoms with E-state index < -0.39 is 0 Å². The molecule has 0 aliphatic heterocycles. The summed E-state index contributed by atoms with van der Waals surface area (Å²) in [5.74, 6) is 0.417. The van der Waals surface area contributed by atoms with E-state index in [-0.39, 0.29) is 11.2 Å². The summed E-state index contributed by atoms with van der Waals surface area (Å²) >= 11 is 4.36. The monoisotopic (exact) mass is 243 g/mol. The molecular weight excluding hydrogens is 218 g/mol. The molecule has 0 heterocycles. The summed E-state index contributed by atoms with van der Waals surface area (Å²) in [7, 11) is 0. The van der Waals surface area contributed by atoms with E-state index >= 15 is 0 Å². The number of nitrogens with one attached hydrogen (secondary N) is 1. The molecule has 1 fully saturated rings. The van der Waals surface area contributed by atoms with Crippen molar-refractivity contribution in [1.82, 2.24) is 5.32 Å². The first-order chi connectivity index (χ1) is 7.61. The zero-order valence-electron chi connectivity index (χ0n) is 10.5. The number of amides is 1. The van der Waals surface area contributed by atoms with Gasteiger partial charge >= 0.3 is 0 Å². The maximum Gasteiger partial charge on any atom is 0.233 e. The average molecular weight is 243 g/mol. The molecule has 16 heavy (non-hydrogen) atoms. The van der Waals surface area contributed by atoms with Crippen LogP contribution in [0.25, 0.3) is 0 Å². The molecule has 0 spiro atoms. The smallest absolute Gasteiger partial charge is 0.233 e. The molecule has 0 radical (unpaired) electrons. The number of hydrogen-bond donors (Lipinski definition) is 2. The van der Waals surface area contributed by atoms with Crippen molar-refractivity contribution in [1.29, 1.82) is 0 Å². The molecule has 1 aliphatic rings. The number of rotatable bonds is 3. The van der Waals surface area contributed by atoms with Crippen LogP contribution in [0.15, 0.2) is 0 Å². The summed E-state index contributed by atoms with van der Waals surface area (Å²) in [6, 6.07) is 0.390. The molecule has 0 aromatic rings. The van der Waals surface area contributed by atoms with Crippen LogP contribution >= 0.6 is 12.6 Å². The van der Waals surface area contributed by atoms with Gasteiger partial charge < -0.3 is 5.32 Å². The fourth-order valence-corrected chi connectivity index (χ4v) is 2.26. The Kier molecular flexibility index (Phi) is 6.25. The Morgan fingerprint density at radius 3 is 2.12 bits per heavy atom. The lowest BCUT2D eigenvalue weighted by molar-refractivity contribution is -0.122. The Bertz CT molecular complexity index is 210. The highest BCUT2D eigenvalue weighted by atomic mass is 32.1. The highest BCUT2D eigenvalue weighted by Gasteiger charge is 2.21. The van der Waals surface area contributed by atoms with E-state index in [2.05, 4.69) is 17.9 Å². The van der Waals surface area contributed by atoms with Crippen LogP contribution in [-0.4, -0.2) is 17.2 Å². The van der Waals surface area contributed by atoms with Gasteiger partial charge in [0.25, 0.3) is 0 Å². The second kappa shape index (κ2) is 7.21. The van der Waals surface area contributed by atoms with E-state index in [1.807, 2.05) is 13.8 Å². The van der Waals surface area contributed by atoms with Gasteiger partial charge in [0.15, 0.2) is 0 Å². The Balaban J connectivity index is 2.35. The van der Waals surface area contributed by atoms with Crippen LogP contribution in [0.3, 0.4) is 0 Å². The van der Waals surface area contributed by atoms with Crippen molar-refractivity contribution >= 4 is 18.5 Å². The SMILES string of the molecule is CC(C)C(S)C(=O)NC1CCCCCCC1. The summed E-state index contributed by atoms with van der Waals surface area (Å²) < 4.78 is 0. The molecule has 2 nitrogen and oxygen atoms in total. The van der Waals surface area contributed by atoms with Crippen molar-refractivity contribution < 1.29 is 4.79 Å². The van der Waals surface area contributed by atoms with Gasteiger partial charge in [0.05, 0.1) is 5.25 Å². The maximum absolute atomic E-state index is 11.9. The molecule has 0 aromatic heterocycles. The van der Waals surface area contributed by atoms with Crippen molar-refractivity contribution in [2.75, 3.05) is 0 Å². The topological polar surface area (TPSA) is 29.1 Å². The first-order valence-corrected chi connectivity index (χ1v) is 7.11. The summed E-state index contributed by atoms with van der Waals surface area (Å²) in [5, 5.41) is 2.99. The zero-order valence-corrected chi connectivity index (χ0v) is 11.4. The normalized spacial score (nSPS) is 21.2. The van der Waals surface area contributed by atoms with Crippen molar-refractivity contribution in [2.45, 2.75) is 70.1 Å². The lowest BCUT2D eigenvalue weighted by Crippen LogP contribution is -2.41. The third-order valence-electron chi connectivity index (χ3n) is 3.35. The minimum Gasteiger partial charge on any atom is -0.352 e. The van der Waals surface area contributed by atoms with Crippen LogP contribution in [0.4, 0.5) is 0 Å². The van der Waals surface area contributed by atoms with E-state index in [4.69, 9.17) is 0 Å². The van der Waals surface area contributed by atoms with Crippen molar-refractivity contribution in [3.05, 3.63) is 0 Å². The summed E-state index contributed by atoms with van der Waals surface area (Å²) in [4.78, 5) is 11.9. The Morgan fingerprint density at radius 2 is 1.62 bits per heavy atom. The fourth-order valence-electron chi connectivity index (χ4n) is 2.19. The van der Waals surface area contributed by atoms with Crippen molar-refractivity contribution in [3.63, 3.8) is 0 Å². The first kappa shape index (κ1) is 13.9. The summed E-state index contributed by atoms with van der Waals surface area (Å²) in [6.45, 7) is 4.07. The largest absolute Gasteiger partial charge is 0.352 e. The molecule has 1 atom stereocenters. The standard InChI is InChI=1S/C13H25NOS/c1-10(2)12(16)13(15)14-11-8-6-4-3-5-7-9-11/h10-12,16H,3-9H2,1-2H3,(H,14,15). The highest BCUT2D eigenvalue weighted by Crippen LogP contribution is 2.18. The molecule has 0 aromatic carbocycles. The zero-order chi connectivity index (χ0) is 12.0. The van der Waals surface area contributed by atoms with E-state index in [1.165, 1.54) is 32.1 Å². The first-order valence-electron chi connectivity index (χ1n) is 6.59. The Labute approximate surface area is 105 Å². The minimum atomic E-state index is -0.162. The fraction of sp³-hybridized carbons (Fsp3) is 0.923. The van der Waals surface area contributed by atoms with Gasteiger partial charge in [-0.15, -0.1) is 0 Å². The molecule has 1 amide bonds. The molecular formula is C13H25NOS. The predicted octanol–water partition coefficient (Wildman–Crippen LogP) is 3.17. The van der Waals surface area contributed by atoms with Gasteiger partial charge in [-0.3, -0.25) is 4.79 Å². The molecule has 94 valence electrons. The Morgan fingerprint density at radius 1 is 1.12 bits per heavy atom. The predicted molar refractivity (Wildman–Crippen MR) is 71.9 cm³/mol. The molecule has 1 aliphatic carbocycles. The van der Waals surface area contributed by atoms with Crippen LogP contribution in [0.2, 0.25) is 0 Å². The maximum atomic E-state index is 11.9. The molecule has 1 rings (SSSR count). The summed E-state index contributed by atoms with van der Waals surface area (Å²) in [6.07, 6.45) is 8.80. The van der Waals surface area contributed by atoms with Gasteiger partial charge in [-0.05, 0) is 18.8 Å². The van der Waals surface area contributed by atoms with Gasteiger partial charge in [-0.2, -0.15) is 12.6 Å². The van der Waals surface area contributed by atoms with Gasteiger partial charge in [-0.1, -0.05) is 46.0 Å². The van der Waals surface area contributed by atoms with Crippen LogP contribution in [0.1, 0.15) is 58.8 Å². The van der Waals surface area contributed by atoms with Crippen molar-refractivity contribution in [2.24, 2.45) is 5.92 Å².